The lowest BCUT2D eigenvalue weighted by molar-refractivity contribution is 0.483. The Hall–Kier alpha value is -5.70. The quantitative estimate of drug-likeness (QED) is 0.219. The van der Waals surface area contributed by atoms with Gasteiger partial charge in [0.05, 0.1) is 18.3 Å². The normalized spacial score (nSPS) is 11.2. The first-order chi connectivity index (χ1) is 20.6. The summed E-state index contributed by atoms with van der Waals surface area (Å²) in [5.41, 5.74) is 5.99. The molecule has 3 aromatic heterocycles. The van der Waals surface area contributed by atoms with Gasteiger partial charge in [-0.2, -0.15) is 0 Å². The number of nitrogens with zero attached hydrogens (tertiary/aromatic N) is 6. The van der Waals surface area contributed by atoms with Gasteiger partial charge >= 0.3 is 0 Å². The van der Waals surface area contributed by atoms with Crippen molar-refractivity contribution in [2.24, 2.45) is 0 Å². The average molecular weight is 554 g/mol. The number of fused-ring (bicyclic) bond motifs is 2. The van der Waals surface area contributed by atoms with Gasteiger partial charge in [-0.05, 0) is 72.6 Å². The number of anilines is 2. The molecule has 0 saturated carbocycles. The first-order valence-electron chi connectivity index (χ1n) is 13.4. The van der Waals surface area contributed by atoms with Crippen molar-refractivity contribution in [1.29, 1.82) is 0 Å². The van der Waals surface area contributed by atoms with Crippen molar-refractivity contribution in [3.8, 4) is 22.8 Å². The molecule has 0 aliphatic heterocycles. The highest BCUT2D eigenvalue weighted by atomic mass is 19.1. The SMILES string of the molecule is Cc1cc(Nc2ncnc3ccc(-c4cn(Cc5ccc(F)cc5)nn4)cc23)ccc1Oc1cccc2cccnc12. The third kappa shape index (κ3) is 5.11. The molecule has 0 bridgehead atoms. The molecule has 8 nitrogen and oxygen atoms in total. The molecule has 1 N–H and O–H groups in total. The van der Waals surface area contributed by atoms with E-state index in [9.17, 15) is 4.39 Å². The minimum absolute atomic E-state index is 0.265. The fourth-order valence-corrected chi connectivity index (χ4v) is 4.86. The van der Waals surface area contributed by atoms with Gasteiger partial charge in [-0.1, -0.05) is 41.6 Å². The molecule has 0 aliphatic rings. The van der Waals surface area contributed by atoms with E-state index in [4.69, 9.17) is 4.74 Å². The zero-order valence-electron chi connectivity index (χ0n) is 22.6. The predicted molar refractivity (Wildman–Crippen MR) is 160 cm³/mol. The molecule has 0 amide bonds. The van der Waals surface area contributed by atoms with Crippen molar-refractivity contribution in [1.82, 2.24) is 29.9 Å². The fourth-order valence-electron chi connectivity index (χ4n) is 4.86. The Morgan fingerprint density at radius 3 is 2.62 bits per heavy atom. The summed E-state index contributed by atoms with van der Waals surface area (Å²) in [6.45, 7) is 2.50. The Morgan fingerprint density at radius 2 is 1.74 bits per heavy atom. The Kier molecular flexibility index (Phi) is 6.44. The lowest BCUT2D eigenvalue weighted by atomic mass is 10.1. The molecule has 0 saturated heterocycles. The maximum Gasteiger partial charge on any atom is 0.153 e. The van der Waals surface area contributed by atoms with Crippen molar-refractivity contribution in [3.63, 3.8) is 0 Å². The van der Waals surface area contributed by atoms with Crippen LogP contribution in [0.25, 0.3) is 33.1 Å². The van der Waals surface area contributed by atoms with Crippen LogP contribution in [0, 0.1) is 12.7 Å². The molecule has 7 aromatic rings. The Morgan fingerprint density at radius 1 is 0.857 bits per heavy atom. The van der Waals surface area contributed by atoms with Gasteiger partial charge in [0.15, 0.2) is 5.75 Å². The fraction of sp³-hybridized carbons (Fsp3) is 0.0606. The highest BCUT2D eigenvalue weighted by Gasteiger charge is 2.12. The van der Waals surface area contributed by atoms with Crippen LogP contribution < -0.4 is 10.1 Å². The number of hydrogen-bond donors (Lipinski definition) is 1. The molecule has 204 valence electrons. The maximum atomic E-state index is 13.3. The Labute approximate surface area is 240 Å². The summed E-state index contributed by atoms with van der Waals surface area (Å²) in [7, 11) is 0. The van der Waals surface area contributed by atoms with Crippen LogP contribution in [0.1, 0.15) is 11.1 Å². The number of nitrogens with one attached hydrogen (secondary N) is 1. The second-order valence-corrected chi connectivity index (χ2v) is 9.92. The van der Waals surface area contributed by atoms with Gasteiger partial charge in [-0.15, -0.1) is 5.10 Å². The number of hydrogen-bond acceptors (Lipinski definition) is 7. The van der Waals surface area contributed by atoms with E-state index >= 15 is 0 Å². The van der Waals surface area contributed by atoms with Crippen molar-refractivity contribution in [2.45, 2.75) is 13.5 Å². The van der Waals surface area contributed by atoms with E-state index in [-0.39, 0.29) is 5.82 Å². The van der Waals surface area contributed by atoms with E-state index in [1.807, 2.05) is 79.9 Å². The monoisotopic (exact) mass is 553 g/mol. The van der Waals surface area contributed by atoms with Gasteiger partial charge in [-0.25, -0.2) is 19.0 Å². The largest absolute Gasteiger partial charge is 0.455 e. The molecule has 9 heteroatoms. The van der Waals surface area contributed by atoms with Crippen LogP contribution in [0.4, 0.5) is 15.9 Å². The number of pyridine rings is 1. The lowest BCUT2D eigenvalue weighted by Gasteiger charge is -2.13. The standard InChI is InChI=1S/C33H24FN7O/c1-21-16-26(12-14-30(21)42-31-6-2-4-23-5-3-15-35-32(23)31)38-33-27-17-24(9-13-28(27)36-20-37-33)29-19-41(40-39-29)18-22-7-10-25(34)11-8-22/h2-17,19-20H,18H2,1H3,(H,36,37,38). The van der Waals surface area contributed by atoms with Crippen LogP contribution in [0.3, 0.4) is 0 Å². The van der Waals surface area contributed by atoms with Crippen LogP contribution in [0.5, 0.6) is 11.5 Å². The molecule has 0 aliphatic carbocycles. The number of halogens is 1. The van der Waals surface area contributed by atoms with Crippen molar-refractivity contribution >= 4 is 33.3 Å². The number of aromatic nitrogens is 6. The minimum Gasteiger partial charge on any atom is -0.455 e. The molecule has 42 heavy (non-hydrogen) atoms. The van der Waals surface area contributed by atoms with Crippen molar-refractivity contribution < 1.29 is 9.13 Å². The molecule has 0 radical (unpaired) electrons. The Balaban J connectivity index is 1.13. The third-order valence-electron chi connectivity index (χ3n) is 6.98. The number of para-hydroxylation sites is 1. The van der Waals surface area contributed by atoms with Gasteiger partial charge in [0.1, 0.15) is 34.9 Å². The van der Waals surface area contributed by atoms with E-state index in [1.165, 1.54) is 12.1 Å². The van der Waals surface area contributed by atoms with Gasteiger partial charge in [0.2, 0.25) is 0 Å². The van der Waals surface area contributed by atoms with Gasteiger partial charge in [0.25, 0.3) is 0 Å². The topological polar surface area (TPSA) is 90.6 Å². The molecule has 0 unspecified atom stereocenters. The third-order valence-corrected chi connectivity index (χ3v) is 6.98. The predicted octanol–water partition coefficient (Wildman–Crippen LogP) is 7.47. The molecule has 0 fully saturated rings. The smallest absolute Gasteiger partial charge is 0.153 e. The second-order valence-electron chi connectivity index (χ2n) is 9.92. The van der Waals surface area contributed by atoms with Gasteiger partial charge in [0, 0.05) is 28.2 Å². The van der Waals surface area contributed by atoms with Crippen LogP contribution in [-0.2, 0) is 6.54 Å². The molecule has 4 aromatic carbocycles. The van der Waals surface area contributed by atoms with Crippen LogP contribution in [0.2, 0.25) is 0 Å². The summed E-state index contributed by atoms with van der Waals surface area (Å²) in [5, 5.41) is 13.9. The first-order valence-corrected chi connectivity index (χ1v) is 13.4. The minimum atomic E-state index is -0.265. The highest BCUT2D eigenvalue weighted by molar-refractivity contribution is 5.93. The zero-order valence-corrected chi connectivity index (χ0v) is 22.6. The summed E-state index contributed by atoms with van der Waals surface area (Å²) in [6.07, 6.45) is 5.18. The van der Waals surface area contributed by atoms with E-state index in [0.29, 0.717) is 23.8 Å². The molecule has 7 rings (SSSR count). The summed E-state index contributed by atoms with van der Waals surface area (Å²) < 4.78 is 21.2. The first kappa shape index (κ1) is 25.3. The van der Waals surface area contributed by atoms with Crippen LogP contribution in [0.15, 0.2) is 110 Å². The zero-order chi connectivity index (χ0) is 28.5. The van der Waals surface area contributed by atoms with E-state index in [0.717, 1.165) is 49.9 Å². The number of benzene rings is 4. The van der Waals surface area contributed by atoms with Crippen LogP contribution >= 0.6 is 0 Å². The Bertz CT molecular complexity index is 2050. The summed E-state index contributed by atoms with van der Waals surface area (Å²) >= 11 is 0. The lowest BCUT2D eigenvalue weighted by Crippen LogP contribution is -2.00. The van der Waals surface area contributed by atoms with Crippen molar-refractivity contribution in [3.05, 3.63) is 127 Å². The van der Waals surface area contributed by atoms with Crippen LogP contribution in [-0.4, -0.2) is 29.9 Å². The summed E-state index contributed by atoms with van der Waals surface area (Å²) in [5.74, 6) is 1.86. The van der Waals surface area contributed by atoms with Crippen molar-refractivity contribution in [2.75, 3.05) is 5.32 Å². The average Bonchev–Trinajstić information content (AvgIpc) is 3.48. The maximum absolute atomic E-state index is 13.3. The van der Waals surface area contributed by atoms with E-state index in [1.54, 1.807) is 29.3 Å². The van der Waals surface area contributed by atoms with E-state index < -0.39 is 0 Å². The van der Waals surface area contributed by atoms with Gasteiger partial charge in [-0.3, -0.25) is 4.98 Å². The number of rotatable bonds is 7. The summed E-state index contributed by atoms with van der Waals surface area (Å²) in [6, 6.07) is 28.0. The highest BCUT2D eigenvalue weighted by Crippen LogP contribution is 2.33. The number of aryl methyl sites for hydroxylation is 1. The molecule has 0 atom stereocenters. The molecule has 0 spiro atoms. The molecule has 3 heterocycles. The van der Waals surface area contributed by atoms with Gasteiger partial charge < -0.3 is 10.1 Å². The second kappa shape index (κ2) is 10.7. The van der Waals surface area contributed by atoms with E-state index in [2.05, 4.69) is 30.6 Å². The summed E-state index contributed by atoms with van der Waals surface area (Å²) in [4.78, 5) is 13.5. The number of ether oxygens (including phenoxy) is 1. The molecular formula is C33H24FN7O. The molecular weight excluding hydrogens is 529 g/mol.